The maximum absolute atomic E-state index is 9.38. The van der Waals surface area contributed by atoms with Crippen molar-refractivity contribution in [1.82, 2.24) is 4.57 Å². The zero-order valence-corrected chi connectivity index (χ0v) is 11.5. The molecule has 0 atom stereocenters. The highest BCUT2D eigenvalue weighted by Crippen LogP contribution is 2.31. The van der Waals surface area contributed by atoms with Crippen LogP contribution in [0.15, 0.2) is 72.8 Å². The number of rotatable bonds is 2. The summed E-state index contributed by atoms with van der Waals surface area (Å²) in [5.41, 5.74) is 4.39. The topological polar surface area (TPSA) is 25.2 Å². The van der Waals surface area contributed by atoms with E-state index in [4.69, 9.17) is 0 Å². The third-order valence-corrected chi connectivity index (χ3v) is 3.93. The number of hydrogen-bond acceptors (Lipinski definition) is 1. The highest BCUT2D eigenvalue weighted by atomic mass is 16.3. The Hall–Kier alpha value is -2.58. The summed E-state index contributed by atoms with van der Waals surface area (Å²) in [5.74, 6) is 0. The Morgan fingerprint density at radius 1 is 0.714 bits per heavy atom. The third-order valence-electron chi connectivity index (χ3n) is 3.93. The summed E-state index contributed by atoms with van der Waals surface area (Å²) in [6.45, 7) is 0.0605. The average Bonchev–Trinajstić information content (AvgIpc) is 2.89. The first-order valence-corrected chi connectivity index (χ1v) is 7.07. The molecule has 0 radical (unpaired) electrons. The number of fused-ring (bicyclic) bond motifs is 3. The second-order valence-electron chi connectivity index (χ2n) is 5.20. The Morgan fingerprint density at radius 3 is 1.95 bits per heavy atom. The number of benzene rings is 3. The molecule has 4 rings (SSSR count). The van der Waals surface area contributed by atoms with Crippen molar-refractivity contribution in [2.75, 3.05) is 0 Å². The van der Waals surface area contributed by atoms with Crippen molar-refractivity contribution in [3.05, 3.63) is 78.4 Å². The Labute approximate surface area is 122 Å². The molecule has 0 spiro atoms. The summed E-state index contributed by atoms with van der Waals surface area (Å²) in [6, 6.07) is 24.9. The van der Waals surface area contributed by atoms with E-state index in [9.17, 15) is 5.11 Å². The molecule has 1 N–H and O–H groups in total. The maximum Gasteiger partial charge on any atom is 0.0682 e. The van der Waals surface area contributed by atoms with Gasteiger partial charge in [0.05, 0.1) is 17.6 Å². The Kier molecular flexibility index (Phi) is 2.76. The lowest BCUT2D eigenvalue weighted by Crippen LogP contribution is -1.95. The van der Waals surface area contributed by atoms with Gasteiger partial charge in [-0.25, -0.2) is 0 Å². The van der Waals surface area contributed by atoms with Crippen LogP contribution in [0.1, 0.15) is 5.56 Å². The van der Waals surface area contributed by atoms with Crippen LogP contribution in [0.2, 0.25) is 0 Å². The van der Waals surface area contributed by atoms with E-state index in [0.717, 1.165) is 11.3 Å². The standard InChI is InChI=1S/C19H15NO/c21-13-14-6-5-7-15(12-14)20-18-10-3-1-8-16(18)17-9-2-4-11-19(17)20/h1-12,21H,13H2. The minimum absolute atomic E-state index is 0.0605. The van der Waals surface area contributed by atoms with Crippen molar-refractivity contribution >= 4 is 21.8 Å². The van der Waals surface area contributed by atoms with Gasteiger partial charge in [0.2, 0.25) is 0 Å². The fourth-order valence-corrected chi connectivity index (χ4v) is 2.99. The minimum atomic E-state index is 0.0605. The normalized spacial score (nSPS) is 11.3. The van der Waals surface area contributed by atoms with Gasteiger partial charge in [-0.1, -0.05) is 48.5 Å². The molecule has 0 bridgehead atoms. The van der Waals surface area contributed by atoms with Gasteiger partial charge >= 0.3 is 0 Å². The largest absolute Gasteiger partial charge is 0.392 e. The molecule has 0 saturated carbocycles. The molecular weight excluding hydrogens is 258 g/mol. The quantitative estimate of drug-likeness (QED) is 0.579. The lowest BCUT2D eigenvalue weighted by Gasteiger charge is -2.09. The van der Waals surface area contributed by atoms with Gasteiger partial charge < -0.3 is 9.67 Å². The number of para-hydroxylation sites is 2. The van der Waals surface area contributed by atoms with Crippen molar-refractivity contribution in [3.8, 4) is 5.69 Å². The predicted octanol–water partition coefficient (Wildman–Crippen LogP) is 4.28. The van der Waals surface area contributed by atoms with Crippen LogP contribution in [-0.4, -0.2) is 9.67 Å². The molecule has 4 aromatic rings. The number of hydrogen-bond donors (Lipinski definition) is 1. The summed E-state index contributed by atoms with van der Waals surface area (Å²) in [5, 5.41) is 11.9. The summed E-state index contributed by atoms with van der Waals surface area (Å²) >= 11 is 0. The van der Waals surface area contributed by atoms with Crippen molar-refractivity contribution in [1.29, 1.82) is 0 Å². The van der Waals surface area contributed by atoms with Gasteiger partial charge in [-0.15, -0.1) is 0 Å². The zero-order valence-electron chi connectivity index (χ0n) is 11.5. The Balaban J connectivity index is 2.14. The molecule has 21 heavy (non-hydrogen) atoms. The highest BCUT2D eigenvalue weighted by Gasteiger charge is 2.11. The van der Waals surface area contributed by atoms with Crippen LogP contribution in [0.5, 0.6) is 0 Å². The molecule has 1 aromatic heterocycles. The number of aromatic nitrogens is 1. The molecule has 0 saturated heterocycles. The summed E-state index contributed by atoms with van der Waals surface area (Å²) in [4.78, 5) is 0. The van der Waals surface area contributed by atoms with E-state index < -0.39 is 0 Å². The fourth-order valence-electron chi connectivity index (χ4n) is 2.99. The molecule has 0 amide bonds. The van der Waals surface area contributed by atoms with Crippen molar-refractivity contribution < 1.29 is 5.11 Å². The molecule has 1 heterocycles. The first kappa shape index (κ1) is 12.2. The van der Waals surface area contributed by atoms with Crippen LogP contribution < -0.4 is 0 Å². The molecule has 0 fully saturated rings. The summed E-state index contributed by atoms with van der Waals surface area (Å²) < 4.78 is 2.25. The van der Waals surface area contributed by atoms with Gasteiger partial charge in [-0.3, -0.25) is 0 Å². The molecule has 2 heteroatoms. The SMILES string of the molecule is OCc1cccc(-n2c3ccccc3c3ccccc32)c1. The van der Waals surface area contributed by atoms with E-state index in [2.05, 4.69) is 59.2 Å². The van der Waals surface area contributed by atoms with Crippen LogP contribution >= 0.6 is 0 Å². The minimum Gasteiger partial charge on any atom is -0.392 e. The van der Waals surface area contributed by atoms with Crippen molar-refractivity contribution in [3.63, 3.8) is 0 Å². The third kappa shape index (κ3) is 1.84. The molecule has 0 unspecified atom stereocenters. The number of aliphatic hydroxyl groups is 1. The van der Waals surface area contributed by atoms with Crippen LogP contribution in [0, 0.1) is 0 Å². The van der Waals surface area contributed by atoms with E-state index in [1.54, 1.807) is 0 Å². The zero-order chi connectivity index (χ0) is 14.2. The smallest absolute Gasteiger partial charge is 0.0682 e. The fraction of sp³-hybridized carbons (Fsp3) is 0.0526. The van der Waals surface area contributed by atoms with Crippen molar-refractivity contribution in [2.24, 2.45) is 0 Å². The molecule has 0 aliphatic heterocycles. The van der Waals surface area contributed by atoms with E-state index >= 15 is 0 Å². The maximum atomic E-state index is 9.38. The second kappa shape index (κ2) is 4.76. The molecule has 0 aliphatic rings. The van der Waals surface area contributed by atoms with Crippen LogP contribution in [0.3, 0.4) is 0 Å². The van der Waals surface area contributed by atoms with E-state index in [0.29, 0.717) is 0 Å². The summed E-state index contributed by atoms with van der Waals surface area (Å²) in [6.07, 6.45) is 0. The molecule has 2 nitrogen and oxygen atoms in total. The Morgan fingerprint density at radius 2 is 1.33 bits per heavy atom. The van der Waals surface area contributed by atoms with Gasteiger partial charge in [-0.05, 0) is 29.8 Å². The molecular formula is C19H15NO. The second-order valence-corrected chi connectivity index (χ2v) is 5.20. The summed E-state index contributed by atoms with van der Waals surface area (Å²) in [7, 11) is 0. The van der Waals surface area contributed by atoms with Gasteiger partial charge in [-0.2, -0.15) is 0 Å². The van der Waals surface area contributed by atoms with E-state index in [-0.39, 0.29) is 6.61 Å². The van der Waals surface area contributed by atoms with Gasteiger partial charge in [0.15, 0.2) is 0 Å². The molecule has 0 aliphatic carbocycles. The lowest BCUT2D eigenvalue weighted by atomic mass is 10.2. The van der Waals surface area contributed by atoms with Crippen LogP contribution in [0.4, 0.5) is 0 Å². The highest BCUT2D eigenvalue weighted by molar-refractivity contribution is 6.09. The van der Waals surface area contributed by atoms with E-state index in [1.807, 2.05) is 18.2 Å². The number of nitrogens with zero attached hydrogens (tertiary/aromatic N) is 1. The molecule has 102 valence electrons. The van der Waals surface area contributed by atoms with Crippen LogP contribution in [0.25, 0.3) is 27.5 Å². The predicted molar refractivity (Wildman–Crippen MR) is 86.7 cm³/mol. The number of aliphatic hydroxyl groups excluding tert-OH is 1. The first-order chi connectivity index (χ1) is 10.4. The average molecular weight is 273 g/mol. The monoisotopic (exact) mass is 273 g/mol. The van der Waals surface area contributed by atoms with Crippen molar-refractivity contribution in [2.45, 2.75) is 6.61 Å². The lowest BCUT2D eigenvalue weighted by molar-refractivity contribution is 0.282. The Bertz CT molecular complexity index is 883. The van der Waals surface area contributed by atoms with Gasteiger partial charge in [0.25, 0.3) is 0 Å². The van der Waals surface area contributed by atoms with E-state index in [1.165, 1.54) is 21.8 Å². The first-order valence-electron chi connectivity index (χ1n) is 7.07. The van der Waals surface area contributed by atoms with Crippen LogP contribution in [-0.2, 0) is 6.61 Å². The van der Waals surface area contributed by atoms with Gasteiger partial charge in [0.1, 0.15) is 0 Å². The van der Waals surface area contributed by atoms with Gasteiger partial charge in [0, 0.05) is 16.5 Å². The molecule has 3 aromatic carbocycles.